The number of benzene rings is 1. The van der Waals surface area contributed by atoms with Crippen LogP contribution in [0.5, 0.6) is 0 Å². The largest absolute Gasteiger partial charge is 0.393 e. The minimum absolute atomic E-state index is 0.148. The third-order valence-corrected chi connectivity index (χ3v) is 4.43. The zero-order valence-electron chi connectivity index (χ0n) is 10.7. The minimum atomic E-state index is -0.148. The smallest absolute Gasteiger partial charge is 0.321 e. The van der Waals surface area contributed by atoms with Crippen LogP contribution in [0.25, 0.3) is 0 Å². The van der Waals surface area contributed by atoms with E-state index >= 15 is 0 Å². The maximum absolute atomic E-state index is 12.1. The molecule has 1 aromatic rings. The first kappa shape index (κ1) is 15.4. The van der Waals surface area contributed by atoms with E-state index in [9.17, 15) is 4.79 Å². The number of carbonyl (C=O) groups is 1. The summed E-state index contributed by atoms with van der Waals surface area (Å²) in [6.45, 7) is 1.30. The molecule has 2 rings (SSSR count). The molecule has 108 valence electrons. The lowest BCUT2D eigenvalue weighted by atomic mass is 9.97. The minimum Gasteiger partial charge on any atom is -0.393 e. The van der Waals surface area contributed by atoms with Crippen molar-refractivity contribution >= 4 is 52.1 Å². The Morgan fingerprint density at radius 2 is 1.95 bits per heavy atom. The van der Waals surface area contributed by atoms with Gasteiger partial charge >= 0.3 is 6.03 Å². The Bertz CT molecular complexity index is 530. The van der Waals surface area contributed by atoms with Crippen LogP contribution in [0.15, 0.2) is 18.2 Å². The van der Waals surface area contributed by atoms with Crippen LogP contribution in [0.2, 0.25) is 10.0 Å². The van der Waals surface area contributed by atoms with Crippen LogP contribution in [0.3, 0.4) is 0 Å². The fourth-order valence-corrected chi connectivity index (χ4v) is 2.68. The molecule has 1 fully saturated rings. The van der Waals surface area contributed by atoms with E-state index in [1.54, 1.807) is 23.1 Å². The van der Waals surface area contributed by atoms with Gasteiger partial charge < -0.3 is 16.0 Å². The Labute approximate surface area is 133 Å². The molecule has 1 aromatic carbocycles. The molecule has 0 aromatic heterocycles. The number of amides is 2. The molecule has 1 aliphatic rings. The number of nitrogens with zero attached hydrogens (tertiary/aromatic N) is 1. The van der Waals surface area contributed by atoms with E-state index in [-0.39, 0.29) is 11.9 Å². The van der Waals surface area contributed by atoms with Crippen LogP contribution in [-0.4, -0.2) is 29.0 Å². The molecule has 3 N–H and O–H groups in total. The highest BCUT2D eigenvalue weighted by atomic mass is 35.5. The number of nitrogens with one attached hydrogen (secondary N) is 1. The first-order chi connectivity index (χ1) is 9.47. The first-order valence-corrected chi connectivity index (χ1v) is 7.44. The van der Waals surface area contributed by atoms with Crippen molar-refractivity contribution in [3.05, 3.63) is 28.2 Å². The third kappa shape index (κ3) is 3.75. The van der Waals surface area contributed by atoms with Crippen LogP contribution < -0.4 is 11.1 Å². The number of likely N-dealkylation sites (tertiary alicyclic amines) is 1. The number of piperidine rings is 1. The van der Waals surface area contributed by atoms with Gasteiger partial charge in [0.2, 0.25) is 0 Å². The van der Waals surface area contributed by atoms with E-state index < -0.39 is 0 Å². The van der Waals surface area contributed by atoms with Crippen molar-refractivity contribution in [2.24, 2.45) is 11.7 Å². The summed E-state index contributed by atoms with van der Waals surface area (Å²) in [7, 11) is 0. The van der Waals surface area contributed by atoms with Gasteiger partial charge in [0.1, 0.15) is 0 Å². The van der Waals surface area contributed by atoms with Crippen molar-refractivity contribution in [3.63, 3.8) is 0 Å². The summed E-state index contributed by atoms with van der Waals surface area (Å²) < 4.78 is 0. The Hall–Kier alpha value is -1.04. The second kappa shape index (κ2) is 6.61. The van der Waals surface area contributed by atoms with Crippen LogP contribution in [-0.2, 0) is 0 Å². The standard InChI is InChI=1S/C13H15Cl2N3OS/c14-10-2-1-9(7-11(10)15)17-13(19)18-5-3-8(4-6-18)12(16)20/h1-2,7-8H,3-6H2,(H2,16,20)(H,17,19). The second-order valence-electron chi connectivity index (χ2n) is 4.72. The number of nitrogens with two attached hydrogens (primary N) is 1. The lowest BCUT2D eigenvalue weighted by Gasteiger charge is -2.31. The number of rotatable bonds is 2. The number of halogens is 2. The fourth-order valence-electron chi connectivity index (χ4n) is 2.14. The van der Waals surface area contributed by atoms with Gasteiger partial charge in [-0.25, -0.2) is 4.79 Å². The van der Waals surface area contributed by atoms with Gasteiger partial charge in [-0.2, -0.15) is 0 Å². The molecule has 4 nitrogen and oxygen atoms in total. The monoisotopic (exact) mass is 331 g/mol. The molecule has 0 aliphatic carbocycles. The molecule has 0 spiro atoms. The molecule has 2 amide bonds. The average molecular weight is 332 g/mol. The SMILES string of the molecule is NC(=S)C1CCN(C(=O)Nc2ccc(Cl)c(Cl)c2)CC1. The molecule has 0 radical (unpaired) electrons. The van der Waals surface area contributed by atoms with Crippen molar-refractivity contribution in [1.29, 1.82) is 0 Å². The summed E-state index contributed by atoms with van der Waals surface area (Å²) in [4.78, 5) is 14.4. The summed E-state index contributed by atoms with van der Waals surface area (Å²) in [5.41, 5.74) is 6.25. The van der Waals surface area contributed by atoms with Gasteiger partial charge in [0.25, 0.3) is 0 Å². The van der Waals surface area contributed by atoms with Crippen LogP contribution in [0.4, 0.5) is 10.5 Å². The number of urea groups is 1. The number of anilines is 1. The van der Waals surface area contributed by atoms with Crippen molar-refractivity contribution in [2.45, 2.75) is 12.8 Å². The predicted octanol–water partition coefficient (Wildman–Crippen LogP) is 3.52. The number of thiocarbonyl (C=S) groups is 1. The molecule has 0 bridgehead atoms. The molecule has 1 saturated heterocycles. The molecule has 0 saturated carbocycles. The lowest BCUT2D eigenvalue weighted by molar-refractivity contribution is 0.193. The average Bonchev–Trinajstić information content (AvgIpc) is 2.43. The summed E-state index contributed by atoms with van der Waals surface area (Å²) in [6.07, 6.45) is 1.62. The van der Waals surface area contributed by atoms with Gasteiger partial charge in [0.05, 0.1) is 15.0 Å². The summed E-state index contributed by atoms with van der Waals surface area (Å²) >= 11 is 16.7. The molecular formula is C13H15Cl2N3OS. The molecule has 0 atom stereocenters. The number of carbonyl (C=O) groups excluding carboxylic acids is 1. The summed E-state index contributed by atoms with van der Waals surface area (Å²) in [5.74, 6) is 0.235. The van der Waals surface area contributed by atoms with Crippen LogP contribution >= 0.6 is 35.4 Å². The topological polar surface area (TPSA) is 58.4 Å². The van der Waals surface area contributed by atoms with Crippen LogP contribution in [0, 0.1) is 5.92 Å². The van der Waals surface area contributed by atoms with Crippen molar-refractivity contribution in [1.82, 2.24) is 4.90 Å². The third-order valence-electron chi connectivity index (χ3n) is 3.36. The normalized spacial score (nSPS) is 16.0. The first-order valence-electron chi connectivity index (χ1n) is 6.27. The van der Waals surface area contributed by atoms with Gasteiger partial charge in [-0.05, 0) is 31.0 Å². The number of hydrogen-bond acceptors (Lipinski definition) is 2. The predicted molar refractivity (Wildman–Crippen MR) is 86.6 cm³/mol. The van der Waals surface area contributed by atoms with Gasteiger partial charge in [0.15, 0.2) is 0 Å². The van der Waals surface area contributed by atoms with E-state index in [4.69, 9.17) is 41.2 Å². The summed E-state index contributed by atoms with van der Waals surface area (Å²) in [6, 6.07) is 4.85. The highest BCUT2D eigenvalue weighted by Crippen LogP contribution is 2.25. The van der Waals surface area contributed by atoms with E-state index in [0.717, 1.165) is 12.8 Å². The molecule has 20 heavy (non-hydrogen) atoms. The molecule has 0 unspecified atom stereocenters. The maximum atomic E-state index is 12.1. The zero-order chi connectivity index (χ0) is 14.7. The Kier molecular flexibility index (Phi) is 5.07. The van der Waals surface area contributed by atoms with Crippen molar-refractivity contribution in [3.8, 4) is 0 Å². The van der Waals surface area contributed by atoms with Gasteiger partial charge in [-0.3, -0.25) is 0 Å². The highest BCUT2D eigenvalue weighted by Gasteiger charge is 2.24. The zero-order valence-corrected chi connectivity index (χ0v) is 13.1. The van der Waals surface area contributed by atoms with E-state index in [1.165, 1.54) is 0 Å². The number of hydrogen-bond donors (Lipinski definition) is 2. The molecular weight excluding hydrogens is 317 g/mol. The van der Waals surface area contributed by atoms with E-state index in [2.05, 4.69) is 5.32 Å². The lowest BCUT2D eigenvalue weighted by Crippen LogP contribution is -2.43. The van der Waals surface area contributed by atoms with Gasteiger partial charge in [-0.15, -0.1) is 0 Å². The highest BCUT2D eigenvalue weighted by molar-refractivity contribution is 7.80. The van der Waals surface area contributed by atoms with Gasteiger partial charge in [-0.1, -0.05) is 35.4 Å². The van der Waals surface area contributed by atoms with E-state index in [1.807, 2.05) is 0 Å². The molecule has 1 aliphatic heterocycles. The molecule has 7 heteroatoms. The van der Waals surface area contributed by atoms with Gasteiger partial charge in [0, 0.05) is 24.7 Å². The van der Waals surface area contributed by atoms with Crippen LogP contribution in [0.1, 0.15) is 12.8 Å². The van der Waals surface area contributed by atoms with Crippen molar-refractivity contribution in [2.75, 3.05) is 18.4 Å². The maximum Gasteiger partial charge on any atom is 0.321 e. The second-order valence-corrected chi connectivity index (χ2v) is 6.01. The van der Waals surface area contributed by atoms with E-state index in [0.29, 0.717) is 33.8 Å². The Morgan fingerprint density at radius 3 is 2.50 bits per heavy atom. The fraction of sp³-hybridized carbons (Fsp3) is 0.385. The summed E-state index contributed by atoms with van der Waals surface area (Å²) in [5, 5.41) is 3.68. The van der Waals surface area contributed by atoms with Crippen molar-refractivity contribution < 1.29 is 4.79 Å². The Balaban J connectivity index is 1.92. The molecule has 1 heterocycles. The quantitative estimate of drug-likeness (QED) is 0.815. The Morgan fingerprint density at radius 1 is 1.30 bits per heavy atom.